The molecule has 0 saturated heterocycles. The summed E-state index contributed by atoms with van der Waals surface area (Å²) in [5.74, 6) is -0.00253. The summed E-state index contributed by atoms with van der Waals surface area (Å²) in [7, 11) is 0. The molecule has 2 aromatic heterocycles. The van der Waals surface area contributed by atoms with Crippen molar-refractivity contribution in [1.82, 2.24) is 19.5 Å². The van der Waals surface area contributed by atoms with Crippen LogP contribution in [-0.2, 0) is 12.7 Å². The highest BCUT2D eigenvalue weighted by atomic mass is 19.4. The van der Waals surface area contributed by atoms with Crippen molar-refractivity contribution in [2.75, 3.05) is 5.32 Å². The fraction of sp³-hybridized carbons (Fsp3) is 0.188. The summed E-state index contributed by atoms with van der Waals surface area (Å²) >= 11 is 0. The monoisotopic (exact) mass is 351 g/mol. The average Bonchev–Trinajstić information content (AvgIpc) is 2.98. The van der Waals surface area contributed by atoms with Crippen LogP contribution in [0.5, 0.6) is 0 Å². The third-order valence-corrected chi connectivity index (χ3v) is 3.49. The van der Waals surface area contributed by atoms with Gasteiger partial charge in [0.2, 0.25) is 5.95 Å². The average molecular weight is 351 g/mol. The molecule has 0 saturated carbocycles. The maximum Gasteiger partial charge on any atom is 0.433 e. The molecule has 3 rings (SSSR count). The minimum atomic E-state index is -4.55. The zero-order valence-corrected chi connectivity index (χ0v) is 13.0. The summed E-state index contributed by atoms with van der Waals surface area (Å²) in [6.07, 6.45) is -0.323. The molecule has 5 nitrogen and oxygen atoms in total. The highest BCUT2D eigenvalue weighted by Gasteiger charge is 2.32. The topological polar surface area (TPSA) is 55.6 Å². The van der Waals surface area contributed by atoms with Crippen molar-refractivity contribution in [3.05, 3.63) is 65.8 Å². The highest BCUT2D eigenvalue weighted by molar-refractivity contribution is 5.39. The molecule has 3 aromatic rings. The van der Waals surface area contributed by atoms with E-state index in [1.807, 2.05) is 0 Å². The van der Waals surface area contributed by atoms with E-state index in [9.17, 15) is 17.6 Å². The Labute approximate surface area is 140 Å². The van der Waals surface area contributed by atoms with Crippen LogP contribution in [0.15, 0.2) is 42.9 Å². The van der Waals surface area contributed by atoms with Crippen LogP contribution in [0.1, 0.15) is 17.1 Å². The van der Waals surface area contributed by atoms with E-state index in [4.69, 9.17) is 0 Å². The van der Waals surface area contributed by atoms with Crippen LogP contribution >= 0.6 is 0 Å². The van der Waals surface area contributed by atoms with E-state index in [0.717, 1.165) is 12.3 Å². The molecule has 0 aliphatic carbocycles. The molecule has 0 fully saturated rings. The number of rotatable bonds is 4. The molecule has 0 radical (unpaired) electrons. The summed E-state index contributed by atoms with van der Waals surface area (Å²) in [5.41, 5.74) is -0.156. The summed E-state index contributed by atoms with van der Waals surface area (Å²) in [6.45, 7) is 1.83. The number of aryl methyl sites for hydroxylation is 1. The Hall–Kier alpha value is -2.97. The number of alkyl halides is 3. The van der Waals surface area contributed by atoms with Gasteiger partial charge in [0.15, 0.2) is 0 Å². The van der Waals surface area contributed by atoms with Gasteiger partial charge in [-0.25, -0.2) is 19.3 Å². The molecule has 9 heteroatoms. The van der Waals surface area contributed by atoms with Gasteiger partial charge in [-0.3, -0.25) is 0 Å². The second-order valence-electron chi connectivity index (χ2n) is 5.25. The lowest BCUT2D eigenvalue weighted by Gasteiger charge is -2.10. The molecule has 0 atom stereocenters. The molecule has 0 amide bonds. The minimum Gasteiger partial charge on any atom is -0.350 e. The first-order valence-corrected chi connectivity index (χ1v) is 7.27. The first-order valence-electron chi connectivity index (χ1n) is 7.27. The van der Waals surface area contributed by atoms with Crippen LogP contribution in [0.2, 0.25) is 0 Å². The van der Waals surface area contributed by atoms with Crippen LogP contribution in [0, 0.1) is 12.7 Å². The third-order valence-electron chi connectivity index (χ3n) is 3.49. The van der Waals surface area contributed by atoms with E-state index < -0.39 is 17.7 Å². The van der Waals surface area contributed by atoms with Gasteiger partial charge in [-0.2, -0.15) is 13.2 Å². The molecule has 1 aromatic carbocycles. The number of hydrogen-bond donors (Lipinski definition) is 1. The van der Waals surface area contributed by atoms with Gasteiger partial charge in [-0.05, 0) is 30.7 Å². The van der Waals surface area contributed by atoms with Crippen molar-refractivity contribution in [1.29, 1.82) is 0 Å². The zero-order valence-electron chi connectivity index (χ0n) is 13.0. The summed E-state index contributed by atoms with van der Waals surface area (Å²) in [4.78, 5) is 11.2. The van der Waals surface area contributed by atoms with Crippen LogP contribution in [0.4, 0.5) is 23.5 Å². The molecule has 1 N–H and O–H groups in total. The Balaban J connectivity index is 1.74. The van der Waals surface area contributed by atoms with Crippen LogP contribution in [0.3, 0.4) is 0 Å². The Morgan fingerprint density at radius 3 is 2.56 bits per heavy atom. The second kappa shape index (κ2) is 6.50. The third kappa shape index (κ3) is 3.76. The second-order valence-corrected chi connectivity index (χ2v) is 5.25. The molecule has 25 heavy (non-hydrogen) atoms. The first-order chi connectivity index (χ1) is 11.8. The number of aromatic nitrogens is 4. The lowest BCUT2D eigenvalue weighted by Crippen LogP contribution is -2.11. The molecular weight excluding hydrogens is 338 g/mol. The quantitative estimate of drug-likeness (QED) is 0.728. The molecule has 0 unspecified atom stereocenters. The van der Waals surface area contributed by atoms with Crippen LogP contribution in [-0.4, -0.2) is 19.5 Å². The molecule has 0 spiro atoms. The molecule has 2 heterocycles. The number of nitrogens with one attached hydrogen (secondary N) is 1. The molecule has 130 valence electrons. The van der Waals surface area contributed by atoms with E-state index in [1.54, 1.807) is 36.0 Å². The highest BCUT2D eigenvalue weighted by Crippen LogP contribution is 2.27. The van der Waals surface area contributed by atoms with Gasteiger partial charge in [0, 0.05) is 25.1 Å². The van der Waals surface area contributed by atoms with E-state index in [-0.39, 0.29) is 12.5 Å². The van der Waals surface area contributed by atoms with Gasteiger partial charge in [-0.15, -0.1) is 0 Å². The van der Waals surface area contributed by atoms with Crippen LogP contribution in [0.25, 0.3) is 5.69 Å². The minimum absolute atomic E-state index is 0.0847. The van der Waals surface area contributed by atoms with Crippen molar-refractivity contribution in [3.8, 4) is 5.69 Å². The molecular formula is C16H13F4N5. The number of anilines is 1. The largest absolute Gasteiger partial charge is 0.433 e. The lowest BCUT2D eigenvalue weighted by atomic mass is 10.2. The van der Waals surface area contributed by atoms with Crippen LogP contribution < -0.4 is 5.32 Å². The van der Waals surface area contributed by atoms with Crippen molar-refractivity contribution in [2.24, 2.45) is 0 Å². The van der Waals surface area contributed by atoms with Gasteiger partial charge in [-0.1, -0.05) is 6.07 Å². The Morgan fingerprint density at radius 2 is 1.92 bits per heavy atom. The maximum atomic E-state index is 14.3. The number of imidazole rings is 1. The van der Waals surface area contributed by atoms with Gasteiger partial charge in [0.05, 0.1) is 5.69 Å². The van der Waals surface area contributed by atoms with Gasteiger partial charge < -0.3 is 9.88 Å². The first kappa shape index (κ1) is 16.9. The molecule has 0 bridgehead atoms. The van der Waals surface area contributed by atoms with E-state index in [0.29, 0.717) is 17.1 Å². The van der Waals surface area contributed by atoms with Crippen molar-refractivity contribution >= 4 is 5.95 Å². The lowest BCUT2D eigenvalue weighted by molar-refractivity contribution is -0.141. The number of hydrogen-bond acceptors (Lipinski definition) is 4. The number of nitrogens with zero attached hydrogens (tertiary/aromatic N) is 4. The Bertz CT molecular complexity index is 888. The molecule has 0 aliphatic heterocycles. The predicted molar refractivity (Wildman–Crippen MR) is 82.6 cm³/mol. The molecule has 0 aliphatic rings. The fourth-order valence-corrected chi connectivity index (χ4v) is 2.27. The Kier molecular flexibility index (Phi) is 4.39. The van der Waals surface area contributed by atoms with E-state index >= 15 is 0 Å². The summed E-state index contributed by atoms with van der Waals surface area (Å²) in [6, 6.07) is 5.33. The van der Waals surface area contributed by atoms with Gasteiger partial charge in [0.25, 0.3) is 0 Å². The Morgan fingerprint density at radius 1 is 1.12 bits per heavy atom. The van der Waals surface area contributed by atoms with Gasteiger partial charge in [0.1, 0.15) is 17.3 Å². The van der Waals surface area contributed by atoms with E-state index in [1.165, 1.54) is 6.07 Å². The van der Waals surface area contributed by atoms with Crippen molar-refractivity contribution in [2.45, 2.75) is 19.6 Å². The zero-order chi connectivity index (χ0) is 18.0. The smallest absolute Gasteiger partial charge is 0.350 e. The number of benzene rings is 1. The fourth-order valence-electron chi connectivity index (χ4n) is 2.27. The van der Waals surface area contributed by atoms with Crippen molar-refractivity contribution in [3.63, 3.8) is 0 Å². The van der Waals surface area contributed by atoms with E-state index in [2.05, 4.69) is 20.3 Å². The normalized spacial score (nSPS) is 11.6. The summed E-state index contributed by atoms with van der Waals surface area (Å²) in [5, 5.41) is 2.66. The van der Waals surface area contributed by atoms with Gasteiger partial charge >= 0.3 is 6.18 Å². The number of halogens is 4. The summed E-state index contributed by atoms with van der Waals surface area (Å²) < 4.78 is 53.7. The SMILES string of the molecule is Cc1nccn1-c1ccc(CNc2nccc(C(F)(F)F)n2)cc1F. The standard InChI is InChI=1S/C16H13F4N5/c1-10-21-6-7-25(10)13-3-2-11(8-12(13)17)9-23-15-22-5-4-14(24-15)16(18,19)20/h2-8H,9H2,1H3,(H,22,23,24). The predicted octanol–water partition coefficient (Wildman–Crippen LogP) is 3.74. The van der Waals surface area contributed by atoms with Crippen molar-refractivity contribution < 1.29 is 17.6 Å². The maximum absolute atomic E-state index is 14.3.